The molecule has 1 aromatic heterocycles. The molecule has 0 unspecified atom stereocenters. The minimum atomic E-state index is 0.0622. The van der Waals surface area contributed by atoms with Crippen molar-refractivity contribution in [2.45, 2.75) is 19.8 Å². The maximum Gasteiger partial charge on any atom is 0.228 e. The van der Waals surface area contributed by atoms with E-state index in [0.717, 1.165) is 39.5 Å². The Kier molecular flexibility index (Phi) is 3.46. The van der Waals surface area contributed by atoms with Gasteiger partial charge >= 0.3 is 0 Å². The van der Waals surface area contributed by atoms with Crippen LogP contribution in [-0.4, -0.2) is 10.9 Å². The molecule has 0 bridgehead atoms. The van der Waals surface area contributed by atoms with Crippen LogP contribution in [-0.2, 0) is 17.6 Å². The first-order valence-electron chi connectivity index (χ1n) is 7.71. The van der Waals surface area contributed by atoms with Crippen LogP contribution in [0.2, 0.25) is 0 Å². The van der Waals surface area contributed by atoms with Crippen molar-refractivity contribution in [3.05, 3.63) is 59.0 Å². The van der Waals surface area contributed by atoms with E-state index >= 15 is 0 Å². The third kappa shape index (κ3) is 2.66. The Morgan fingerprint density at radius 3 is 2.70 bits per heavy atom. The van der Waals surface area contributed by atoms with E-state index in [1.807, 2.05) is 12.1 Å². The van der Waals surface area contributed by atoms with Crippen LogP contribution in [0.1, 0.15) is 18.1 Å². The molecule has 1 N–H and O–H groups in total. The number of aryl methyl sites for hydroxylation is 1. The average Bonchev–Trinajstić information content (AvgIpc) is 3.19. The van der Waals surface area contributed by atoms with E-state index in [1.54, 1.807) is 11.3 Å². The first-order chi connectivity index (χ1) is 11.2. The molecule has 1 aliphatic rings. The van der Waals surface area contributed by atoms with E-state index in [4.69, 9.17) is 4.98 Å². The quantitative estimate of drug-likeness (QED) is 0.770. The normalized spacial score (nSPS) is 13.0. The number of anilines is 1. The van der Waals surface area contributed by atoms with Crippen LogP contribution >= 0.6 is 11.3 Å². The van der Waals surface area contributed by atoms with Crippen LogP contribution in [0.5, 0.6) is 0 Å². The molecule has 2 aromatic carbocycles. The van der Waals surface area contributed by atoms with Crippen molar-refractivity contribution in [1.82, 2.24) is 4.98 Å². The van der Waals surface area contributed by atoms with Gasteiger partial charge in [-0.15, -0.1) is 11.3 Å². The van der Waals surface area contributed by atoms with E-state index in [-0.39, 0.29) is 5.91 Å². The highest BCUT2D eigenvalue weighted by atomic mass is 32.1. The molecule has 0 saturated carbocycles. The molecule has 3 nitrogen and oxygen atoms in total. The monoisotopic (exact) mass is 320 g/mol. The Labute approximate surface area is 139 Å². The van der Waals surface area contributed by atoms with Gasteiger partial charge in [-0.3, -0.25) is 4.79 Å². The number of nitrogens with one attached hydrogen (secondary N) is 1. The second kappa shape index (κ2) is 5.63. The topological polar surface area (TPSA) is 42.0 Å². The van der Waals surface area contributed by atoms with Crippen molar-refractivity contribution in [2.24, 2.45) is 0 Å². The fraction of sp³-hybridized carbons (Fsp3) is 0.158. The van der Waals surface area contributed by atoms with Crippen molar-refractivity contribution in [3.8, 4) is 21.8 Å². The fourth-order valence-corrected chi connectivity index (χ4v) is 3.65. The number of nitrogens with zero attached hydrogens (tertiary/aromatic N) is 1. The number of fused-ring (bicyclic) bond motifs is 1. The van der Waals surface area contributed by atoms with E-state index in [9.17, 15) is 4.79 Å². The van der Waals surface area contributed by atoms with Gasteiger partial charge in [-0.25, -0.2) is 4.98 Å². The predicted molar refractivity (Wildman–Crippen MR) is 94.7 cm³/mol. The third-order valence-corrected chi connectivity index (χ3v) is 5.03. The number of hydrogen-bond acceptors (Lipinski definition) is 3. The number of rotatable bonds is 3. The Bertz CT molecular complexity index is 881. The van der Waals surface area contributed by atoms with E-state index in [2.05, 4.69) is 48.0 Å². The van der Waals surface area contributed by atoms with Gasteiger partial charge in [0.05, 0.1) is 12.1 Å². The Hall–Kier alpha value is -2.46. The summed E-state index contributed by atoms with van der Waals surface area (Å²) in [6.45, 7) is 2.16. The maximum atomic E-state index is 11.5. The second-order valence-corrected chi connectivity index (χ2v) is 6.54. The molecular formula is C19H16N2OS. The van der Waals surface area contributed by atoms with E-state index < -0.39 is 0 Å². The molecular weight excluding hydrogens is 304 g/mol. The predicted octanol–water partition coefficient (Wildman–Crippen LogP) is 4.53. The summed E-state index contributed by atoms with van der Waals surface area (Å²) in [6, 6.07) is 14.6. The minimum Gasteiger partial charge on any atom is -0.326 e. The molecule has 1 amide bonds. The summed E-state index contributed by atoms with van der Waals surface area (Å²) >= 11 is 1.65. The number of benzene rings is 2. The molecule has 3 aromatic rings. The minimum absolute atomic E-state index is 0.0622. The van der Waals surface area contributed by atoms with Crippen LogP contribution in [0.4, 0.5) is 5.69 Å². The molecule has 0 fully saturated rings. The summed E-state index contributed by atoms with van der Waals surface area (Å²) in [5.41, 5.74) is 6.48. The highest BCUT2D eigenvalue weighted by molar-refractivity contribution is 7.13. The smallest absolute Gasteiger partial charge is 0.228 e. The first-order valence-corrected chi connectivity index (χ1v) is 8.59. The van der Waals surface area contributed by atoms with Gasteiger partial charge in [0.15, 0.2) is 0 Å². The molecule has 0 saturated heterocycles. The summed E-state index contributed by atoms with van der Waals surface area (Å²) in [5, 5.41) is 5.96. The molecule has 0 atom stereocenters. The highest BCUT2D eigenvalue weighted by Crippen LogP contribution is 2.32. The summed E-state index contributed by atoms with van der Waals surface area (Å²) < 4.78 is 0. The summed E-state index contributed by atoms with van der Waals surface area (Å²) in [4.78, 5) is 16.2. The van der Waals surface area contributed by atoms with E-state index in [1.165, 1.54) is 5.56 Å². The van der Waals surface area contributed by atoms with Crippen LogP contribution < -0.4 is 5.32 Å². The van der Waals surface area contributed by atoms with Crippen molar-refractivity contribution in [1.29, 1.82) is 0 Å². The lowest BCUT2D eigenvalue weighted by Gasteiger charge is -2.02. The summed E-state index contributed by atoms with van der Waals surface area (Å²) in [6.07, 6.45) is 1.50. The molecule has 4 heteroatoms. The van der Waals surface area contributed by atoms with Gasteiger partial charge in [-0.05, 0) is 29.7 Å². The molecule has 4 rings (SSSR count). The Morgan fingerprint density at radius 2 is 1.91 bits per heavy atom. The van der Waals surface area contributed by atoms with Crippen molar-refractivity contribution < 1.29 is 4.79 Å². The number of amides is 1. The standard InChI is InChI=1S/C19H16N2OS/c1-2-12-3-5-13(6-4-12)19-21-17(11-23-19)14-7-8-16-15(9-14)10-18(22)20-16/h3-9,11H,2,10H2,1H3,(H,20,22). The molecule has 114 valence electrons. The lowest BCUT2D eigenvalue weighted by molar-refractivity contribution is -0.115. The van der Waals surface area contributed by atoms with Crippen molar-refractivity contribution in [2.75, 3.05) is 5.32 Å². The van der Waals surface area contributed by atoms with Gasteiger partial charge in [0.25, 0.3) is 0 Å². The van der Waals surface area contributed by atoms with Gasteiger partial charge in [0.2, 0.25) is 5.91 Å². The first kappa shape index (κ1) is 14.2. The van der Waals surface area contributed by atoms with Crippen LogP contribution in [0.15, 0.2) is 47.8 Å². The van der Waals surface area contributed by atoms with Gasteiger partial charge < -0.3 is 5.32 Å². The zero-order valence-electron chi connectivity index (χ0n) is 12.8. The van der Waals surface area contributed by atoms with Gasteiger partial charge in [-0.2, -0.15) is 0 Å². The molecule has 0 radical (unpaired) electrons. The lowest BCUT2D eigenvalue weighted by atomic mass is 10.1. The van der Waals surface area contributed by atoms with Crippen molar-refractivity contribution in [3.63, 3.8) is 0 Å². The molecule has 2 heterocycles. The van der Waals surface area contributed by atoms with Gasteiger partial charge in [0, 0.05) is 22.2 Å². The SMILES string of the molecule is CCc1ccc(-c2nc(-c3ccc4c(c3)CC(=O)N4)cs2)cc1. The average molecular weight is 320 g/mol. The van der Waals surface area contributed by atoms with Gasteiger partial charge in [0.1, 0.15) is 5.01 Å². The maximum absolute atomic E-state index is 11.5. The summed E-state index contributed by atoms with van der Waals surface area (Å²) in [7, 11) is 0. The highest BCUT2D eigenvalue weighted by Gasteiger charge is 2.18. The lowest BCUT2D eigenvalue weighted by Crippen LogP contribution is -2.03. The number of hydrogen-bond donors (Lipinski definition) is 1. The number of thiazole rings is 1. The van der Waals surface area contributed by atoms with Crippen LogP contribution in [0.25, 0.3) is 21.8 Å². The molecule has 23 heavy (non-hydrogen) atoms. The molecule has 0 spiro atoms. The van der Waals surface area contributed by atoms with Crippen molar-refractivity contribution >= 4 is 22.9 Å². The number of carbonyl (C=O) groups excluding carboxylic acids is 1. The second-order valence-electron chi connectivity index (χ2n) is 5.69. The Morgan fingerprint density at radius 1 is 1.13 bits per heavy atom. The largest absolute Gasteiger partial charge is 0.326 e. The van der Waals surface area contributed by atoms with E-state index in [0.29, 0.717) is 6.42 Å². The Balaban J connectivity index is 1.65. The molecule has 0 aliphatic carbocycles. The van der Waals surface area contributed by atoms with Crippen LogP contribution in [0, 0.1) is 0 Å². The van der Waals surface area contributed by atoms with Crippen LogP contribution in [0.3, 0.4) is 0 Å². The zero-order chi connectivity index (χ0) is 15.8. The summed E-state index contributed by atoms with van der Waals surface area (Å²) in [5.74, 6) is 0.0622. The van der Waals surface area contributed by atoms with Gasteiger partial charge in [-0.1, -0.05) is 37.3 Å². The number of aromatic nitrogens is 1. The number of carbonyl (C=O) groups is 1. The third-order valence-electron chi connectivity index (χ3n) is 4.14. The fourth-order valence-electron chi connectivity index (χ4n) is 2.81. The molecule has 1 aliphatic heterocycles. The zero-order valence-corrected chi connectivity index (χ0v) is 13.6.